The summed E-state index contributed by atoms with van der Waals surface area (Å²) in [5, 5.41) is 6.89. The summed E-state index contributed by atoms with van der Waals surface area (Å²) < 4.78 is 6.29. The third-order valence-corrected chi connectivity index (χ3v) is 3.13. The van der Waals surface area contributed by atoms with Crippen LogP contribution in [-0.4, -0.2) is 31.6 Å². The summed E-state index contributed by atoms with van der Waals surface area (Å²) in [6.07, 6.45) is 1.43. The first kappa shape index (κ1) is 14.9. The Kier molecular flexibility index (Phi) is 3.88. The molecule has 0 fully saturated rings. The average molecular weight is 313 g/mol. The van der Waals surface area contributed by atoms with E-state index in [9.17, 15) is 9.59 Å². The highest BCUT2D eigenvalue weighted by Crippen LogP contribution is 2.06. The van der Waals surface area contributed by atoms with Gasteiger partial charge in [0.15, 0.2) is 5.82 Å². The van der Waals surface area contributed by atoms with Gasteiger partial charge in [-0.2, -0.15) is 4.98 Å². The average Bonchev–Trinajstić information content (AvgIpc) is 2.98. The van der Waals surface area contributed by atoms with E-state index in [0.717, 1.165) is 0 Å². The van der Waals surface area contributed by atoms with E-state index >= 15 is 0 Å². The van der Waals surface area contributed by atoms with Crippen LogP contribution in [0.15, 0.2) is 39.9 Å². The first-order valence-corrected chi connectivity index (χ1v) is 7.12. The van der Waals surface area contributed by atoms with Gasteiger partial charge in [-0.1, -0.05) is 17.3 Å². The van der Waals surface area contributed by atoms with Crippen LogP contribution in [0.1, 0.15) is 30.4 Å². The van der Waals surface area contributed by atoms with Crippen LogP contribution in [0.2, 0.25) is 0 Å². The van der Waals surface area contributed by atoms with Crippen LogP contribution >= 0.6 is 0 Å². The molecule has 2 heterocycles. The number of nitrogens with zero attached hydrogens (tertiary/aromatic N) is 4. The van der Waals surface area contributed by atoms with Crippen LogP contribution in [0.25, 0.3) is 10.9 Å². The lowest BCUT2D eigenvalue weighted by molar-refractivity contribution is 0.0899. The number of carbonyl (C=O) groups is 1. The number of para-hydroxylation sites is 1. The molecule has 0 radical (unpaired) electrons. The SMILES string of the molecule is CC(C)NC(=O)c1nc(Cn2cnc3ccccc3c2=O)no1. The quantitative estimate of drug-likeness (QED) is 0.769. The Morgan fingerprint density at radius 2 is 2.13 bits per heavy atom. The first-order valence-electron chi connectivity index (χ1n) is 7.12. The van der Waals surface area contributed by atoms with Crippen LogP contribution < -0.4 is 10.9 Å². The molecule has 0 saturated carbocycles. The Morgan fingerprint density at radius 3 is 2.91 bits per heavy atom. The van der Waals surface area contributed by atoms with Crippen molar-refractivity contribution < 1.29 is 9.32 Å². The maximum atomic E-state index is 12.4. The van der Waals surface area contributed by atoms with Gasteiger partial charge >= 0.3 is 11.8 Å². The van der Waals surface area contributed by atoms with E-state index in [0.29, 0.717) is 10.9 Å². The summed E-state index contributed by atoms with van der Waals surface area (Å²) >= 11 is 0. The maximum Gasteiger partial charge on any atom is 0.316 e. The lowest BCUT2D eigenvalue weighted by atomic mass is 10.2. The number of aromatic nitrogens is 4. The Hall–Kier alpha value is -3.03. The van der Waals surface area contributed by atoms with Gasteiger partial charge in [-0.25, -0.2) is 4.98 Å². The van der Waals surface area contributed by atoms with Gasteiger partial charge in [0.1, 0.15) is 0 Å². The molecule has 8 nitrogen and oxygen atoms in total. The topological polar surface area (TPSA) is 103 Å². The van der Waals surface area contributed by atoms with E-state index in [4.69, 9.17) is 4.52 Å². The second-order valence-corrected chi connectivity index (χ2v) is 5.34. The Morgan fingerprint density at radius 1 is 1.35 bits per heavy atom. The number of carbonyl (C=O) groups excluding carboxylic acids is 1. The Balaban J connectivity index is 1.86. The summed E-state index contributed by atoms with van der Waals surface area (Å²) in [4.78, 5) is 32.4. The van der Waals surface area contributed by atoms with Crippen LogP contribution in [0, 0.1) is 0 Å². The van der Waals surface area contributed by atoms with E-state index in [1.54, 1.807) is 18.2 Å². The summed E-state index contributed by atoms with van der Waals surface area (Å²) in [6.45, 7) is 3.74. The Labute approximate surface area is 131 Å². The molecule has 8 heteroatoms. The van der Waals surface area contributed by atoms with E-state index in [-0.39, 0.29) is 29.9 Å². The molecule has 0 aliphatic heterocycles. The Bertz CT molecular complexity index is 913. The van der Waals surface area contributed by atoms with Crippen molar-refractivity contribution in [2.24, 2.45) is 0 Å². The highest BCUT2D eigenvalue weighted by Gasteiger charge is 2.16. The minimum absolute atomic E-state index is 0.0369. The van der Waals surface area contributed by atoms with Crippen molar-refractivity contribution in [3.05, 3.63) is 52.7 Å². The highest BCUT2D eigenvalue weighted by molar-refractivity contribution is 5.89. The fourth-order valence-electron chi connectivity index (χ4n) is 2.11. The van der Waals surface area contributed by atoms with Gasteiger partial charge in [-0.3, -0.25) is 14.2 Å². The number of fused-ring (bicyclic) bond motifs is 1. The molecule has 0 aliphatic carbocycles. The number of nitrogens with one attached hydrogen (secondary N) is 1. The zero-order valence-electron chi connectivity index (χ0n) is 12.7. The molecule has 3 aromatic rings. The van der Waals surface area contributed by atoms with Crippen molar-refractivity contribution in [3.63, 3.8) is 0 Å². The summed E-state index contributed by atoms with van der Waals surface area (Å²) in [7, 11) is 0. The van der Waals surface area contributed by atoms with E-state index in [2.05, 4.69) is 20.4 Å². The molecular formula is C15H15N5O3. The smallest absolute Gasteiger partial charge is 0.316 e. The minimum atomic E-state index is -0.442. The van der Waals surface area contributed by atoms with Gasteiger partial charge in [0.05, 0.1) is 23.8 Å². The van der Waals surface area contributed by atoms with Crippen molar-refractivity contribution in [1.82, 2.24) is 25.0 Å². The predicted octanol–water partition coefficient (Wildman–Crippen LogP) is 0.966. The number of benzene rings is 1. The molecule has 118 valence electrons. The highest BCUT2D eigenvalue weighted by atomic mass is 16.5. The fourth-order valence-corrected chi connectivity index (χ4v) is 2.11. The van der Waals surface area contributed by atoms with Crippen molar-refractivity contribution >= 4 is 16.8 Å². The molecule has 1 N–H and O–H groups in total. The van der Waals surface area contributed by atoms with E-state index in [1.807, 2.05) is 19.9 Å². The van der Waals surface area contributed by atoms with Gasteiger partial charge < -0.3 is 9.84 Å². The van der Waals surface area contributed by atoms with Gasteiger partial charge in [-0.15, -0.1) is 0 Å². The van der Waals surface area contributed by atoms with Gasteiger partial charge in [0.2, 0.25) is 0 Å². The molecule has 0 unspecified atom stereocenters. The molecule has 0 atom stereocenters. The number of hydrogen-bond acceptors (Lipinski definition) is 6. The lowest BCUT2D eigenvalue weighted by Gasteiger charge is -2.04. The van der Waals surface area contributed by atoms with Crippen molar-refractivity contribution in [2.45, 2.75) is 26.4 Å². The summed E-state index contributed by atoms with van der Waals surface area (Å²) in [6, 6.07) is 7.03. The van der Waals surface area contributed by atoms with E-state index < -0.39 is 5.91 Å². The fraction of sp³-hybridized carbons (Fsp3) is 0.267. The molecule has 1 aromatic carbocycles. The standard InChI is InChI=1S/C15H15N5O3/c1-9(2)17-13(21)14-18-12(19-23-14)7-20-8-16-11-6-4-3-5-10(11)15(20)22/h3-6,8-9H,7H2,1-2H3,(H,17,21). The molecular weight excluding hydrogens is 298 g/mol. The van der Waals surface area contributed by atoms with Crippen molar-refractivity contribution in [1.29, 1.82) is 0 Å². The minimum Gasteiger partial charge on any atom is -0.346 e. The monoisotopic (exact) mass is 313 g/mol. The largest absolute Gasteiger partial charge is 0.346 e. The number of rotatable bonds is 4. The third kappa shape index (κ3) is 3.10. The maximum absolute atomic E-state index is 12.4. The van der Waals surface area contributed by atoms with E-state index in [1.165, 1.54) is 10.9 Å². The third-order valence-electron chi connectivity index (χ3n) is 3.13. The summed E-state index contributed by atoms with van der Waals surface area (Å²) in [5.74, 6) is -0.337. The number of amides is 1. The van der Waals surface area contributed by atoms with Crippen molar-refractivity contribution in [3.8, 4) is 0 Å². The van der Waals surface area contributed by atoms with Crippen LogP contribution in [-0.2, 0) is 6.54 Å². The lowest BCUT2D eigenvalue weighted by Crippen LogP contribution is -2.30. The molecule has 0 bridgehead atoms. The first-order chi connectivity index (χ1) is 11.0. The zero-order chi connectivity index (χ0) is 16.4. The van der Waals surface area contributed by atoms with Crippen molar-refractivity contribution in [2.75, 3.05) is 0 Å². The predicted molar refractivity (Wildman–Crippen MR) is 82.0 cm³/mol. The second-order valence-electron chi connectivity index (χ2n) is 5.34. The molecule has 2 aromatic heterocycles. The molecule has 0 spiro atoms. The van der Waals surface area contributed by atoms with Crippen LogP contribution in [0.5, 0.6) is 0 Å². The van der Waals surface area contributed by atoms with Gasteiger partial charge in [-0.05, 0) is 26.0 Å². The van der Waals surface area contributed by atoms with Crippen LogP contribution in [0.3, 0.4) is 0 Å². The zero-order valence-corrected chi connectivity index (χ0v) is 12.7. The molecule has 0 saturated heterocycles. The number of hydrogen-bond donors (Lipinski definition) is 1. The molecule has 1 amide bonds. The van der Waals surface area contributed by atoms with Gasteiger partial charge in [0.25, 0.3) is 5.56 Å². The molecule has 0 aliphatic rings. The second kappa shape index (κ2) is 5.99. The molecule has 23 heavy (non-hydrogen) atoms. The normalized spacial score (nSPS) is 11.1. The van der Waals surface area contributed by atoms with Crippen LogP contribution in [0.4, 0.5) is 0 Å². The molecule has 3 rings (SSSR count). The van der Waals surface area contributed by atoms with Gasteiger partial charge in [0, 0.05) is 6.04 Å². The summed E-state index contributed by atoms with van der Waals surface area (Å²) in [5.41, 5.74) is 0.424.